The van der Waals surface area contributed by atoms with Gasteiger partial charge in [0.05, 0.1) is 19.3 Å². The molecule has 0 N–H and O–H groups in total. The molecule has 5 nitrogen and oxygen atoms in total. The Morgan fingerprint density at radius 2 is 2.23 bits per heavy atom. The summed E-state index contributed by atoms with van der Waals surface area (Å²) < 4.78 is 10.5. The molecular formula is C16H26N4OS. The van der Waals surface area contributed by atoms with Gasteiger partial charge in [-0.2, -0.15) is 5.26 Å². The Labute approximate surface area is 138 Å². The van der Waals surface area contributed by atoms with Gasteiger partial charge >= 0.3 is 0 Å². The number of nitrogens with zero attached hydrogens (tertiary/aromatic N) is 4. The predicted octanol–water partition coefficient (Wildman–Crippen LogP) is 2.98. The van der Waals surface area contributed by atoms with Crippen molar-refractivity contribution in [2.45, 2.75) is 45.8 Å². The number of ether oxygens (including phenoxy) is 1. The van der Waals surface area contributed by atoms with E-state index in [1.165, 1.54) is 0 Å². The molecule has 6 heteroatoms. The molecule has 1 aliphatic heterocycles. The van der Waals surface area contributed by atoms with E-state index in [0.29, 0.717) is 12.3 Å². The highest BCUT2D eigenvalue weighted by molar-refractivity contribution is 7.71. The van der Waals surface area contributed by atoms with Crippen molar-refractivity contribution in [2.24, 2.45) is 5.92 Å². The van der Waals surface area contributed by atoms with Crippen molar-refractivity contribution >= 4 is 12.2 Å². The topological polar surface area (TPSA) is 46.1 Å². The SMILES string of the molecule is CC(C)(C)n1ccn(CN(CCC#N)CC2CCOC2)c1=S. The van der Waals surface area contributed by atoms with Crippen LogP contribution < -0.4 is 0 Å². The van der Waals surface area contributed by atoms with Crippen molar-refractivity contribution in [1.82, 2.24) is 14.0 Å². The standard InChI is InChI=1S/C16H26N4OS/c1-16(2,3)20-9-8-19(15(20)22)13-18(7-4-6-17)11-14-5-10-21-12-14/h8-9,14H,4-5,7,10-13H2,1-3H3. The molecule has 1 aromatic heterocycles. The van der Waals surface area contributed by atoms with Crippen molar-refractivity contribution in [2.75, 3.05) is 26.3 Å². The number of hydrogen-bond acceptors (Lipinski definition) is 4. The van der Waals surface area contributed by atoms with Gasteiger partial charge in [-0.1, -0.05) is 0 Å². The van der Waals surface area contributed by atoms with Crippen molar-refractivity contribution < 1.29 is 4.74 Å². The third kappa shape index (κ3) is 4.42. The van der Waals surface area contributed by atoms with Crippen LogP contribution in [0.5, 0.6) is 0 Å². The Morgan fingerprint density at radius 1 is 1.45 bits per heavy atom. The molecule has 1 unspecified atom stereocenters. The Balaban J connectivity index is 2.07. The Kier molecular flexibility index (Phi) is 5.79. The van der Waals surface area contributed by atoms with E-state index in [1.54, 1.807) is 0 Å². The fourth-order valence-corrected chi connectivity index (χ4v) is 3.22. The second-order valence-electron chi connectivity index (χ2n) is 6.95. The Bertz CT molecular complexity index is 572. The van der Waals surface area contributed by atoms with E-state index in [2.05, 4.69) is 40.9 Å². The van der Waals surface area contributed by atoms with Gasteiger partial charge in [0.15, 0.2) is 4.77 Å². The molecule has 2 heterocycles. The minimum absolute atomic E-state index is 0.0148. The van der Waals surface area contributed by atoms with Gasteiger partial charge < -0.3 is 13.9 Å². The molecule has 0 radical (unpaired) electrons. The van der Waals surface area contributed by atoms with Crippen LogP contribution in [0, 0.1) is 22.0 Å². The lowest BCUT2D eigenvalue weighted by Gasteiger charge is -2.25. The second kappa shape index (κ2) is 7.40. The summed E-state index contributed by atoms with van der Waals surface area (Å²) in [7, 11) is 0. The first-order valence-corrected chi connectivity index (χ1v) is 8.28. The summed E-state index contributed by atoms with van der Waals surface area (Å²) in [6, 6.07) is 2.24. The highest BCUT2D eigenvalue weighted by Gasteiger charge is 2.20. The van der Waals surface area contributed by atoms with Crippen LogP contribution >= 0.6 is 12.2 Å². The molecule has 122 valence electrons. The lowest BCUT2D eigenvalue weighted by molar-refractivity contribution is 0.152. The molecule has 0 aromatic carbocycles. The van der Waals surface area contributed by atoms with Gasteiger partial charge in [0.25, 0.3) is 0 Å². The van der Waals surface area contributed by atoms with E-state index in [1.807, 2.05) is 12.4 Å². The van der Waals surface area contributed by atoms with Crippen LogP contribution in [0.4, 0.5) is 0 Å². The molecule has 1 aromatic rings. The summed E-state index contributed by atoms with van der Waals surface area (Å²) in [5.74, 6) is 0.567. The molecule has 1 fully saturated rings. The van der Waals surface area contributed by atoms with E-state index >= 15 is 0 Å². The van der Waals surface area contributed by atoms with Crippen LogP contribution in [-0.2, 0) is 16.9 Å². The average Bonchev–Trinajstić information content (AvgIpc) is 3.06. The summed E-state index contributed by atoms with van der Waals surface area (Å²) in [6.45, 7) is 10.6. The maximum absolute atomic E-state index is 8.87. The van der Waals surface area contributed by atoms with Crippen molar-refractivity contribution in [3.63, 3.8) is 0 Å². The van der Waals surface area contributed by atoms with Gasteiger partial charge in [-0.3, -0.25) is 4.90 Å². The van der Waals surface area contributed by atoms with Crippen LogP contribution in [0.1, 0.15) is 33.6 Å². The summed E-state index contributed by atoms with van der Waals surface area (Å²) in [6.07, 6.45) is 5.74. The molecule has 0 amide bonds. The molecule has 0 aliphatic carbocycles. The molecule has 0 saturated carbocycles. The molecule has 0 spiro atoms. The van der Waals surface area contributed by atoms with Gasteiger partial charge in [0.1, 0.15) is 0 Å². The monoisotopic (exact) mass is 322 g/mol. The van der Waals surface area contributed by atoms with Crippen LogP contribution in [0.2, 0.25) is 0 Å². The maximum atomic E-state index is 8.87. The van der Waals surface area contributed by atoms with Crippen LogP contribution in [0.15, 0.2) is 12.4 Å². The lowest BCUT2D eigenvalue weighted by atomic mass is 10.1. The zero-order valence-electron chi connectivity index (χ0n) is 13.8. The zero-order valence-corrected chi connectivity index (χ0v) is 14.6. The number of hydrogen-bond donors (Lipinski definition) is 0. The highest BCUT2D eigenvalue weighted by Crippen LogP contribution is 2.17. The molecule has 1 saturated heterocycles. The first-order valence-electron chi connectivity index (χ1n) is 7.87. The molecular weight excluding hydrogens is 296 g/mol. The third-order valence-electron chi connectivity index (χ3n) is 4.00. The van der Waals surface area contributed by atoms with Crippen LogP contribution in [-0.4, -0.2) is 40.3 Å². The Hall–Kier alpha value is -1.16. The van der Waals surface area contributed by atoms with E-state index in [0.717, 1.165) is 44.2 Å². The van der Waals surface area contributed by atoms with Crippen molar-refractivity contribution in [1.29, 1.82) is 5.26 Å². The number of nitriles is 1. The zero-order chi connectivity index (χ0) is 16.2. The number of aromatic nitrogens is 2. The van der Waals surface area contributed by atoms with E-state index in [-0.39, 0.29) is 5.54 Å². The summed E-state index contributed by atoms with van der Waals surface area (Å²) in [5.41, 5.74) is -0.0148. The van der Waals surface area contributed by atoms with Crippen molar-refractivity contribution in [3.05, 3.63) is 17.2 Å². The van der Waals surface area contributed by atoms with Gasteiger partial charge in [-0.05, 0) is 45.3 Å². The number of rotatable bonds is 6. The molecule has 0 bridgehead atoms. The second-order valence-corrected chi connectivity index (χ2v) is 7.31. The van der Waals surface area contributed by atoms with E-state index in [9.17, 15) is 0 Å². The predicted molar refractivity (Wildman–Crippen MR) is 89.0 cm³/mol. The quantitative estimate of drug-likeness (QED) is 0.755. The smallest absolute Gasteiger partial charge is 0.181 e. The first kappa shape index (κ1) is 17.2. The first-order chi connectivity index (χ1) is 10.4. The normalized spacial score (nSPS) is 18.8. The maximum Gasteiger partial charge on any atom is 0.181 e. The van der Waals surface area contributed by atoms with E-state index in [4.69, 9.17) is 22.2 Å². The summed E-state index contributed by atoms with van der Waals surface area (Å²) >= 11 is 5.60. The Morgan fingerprint density at radius 3 is 2.77 bits per heavy atom. The lowest BCUT2D eigenvalue weighted by Crippen LogP contribution is -2.33. The fourth-order valence-electron chi connectivity index (χ4n) is 2.77. The van der Waals surface area contributed by atoms with Crippen LogP contribution in [0.3, 0.4) is 0 Å². The summed E-state index contributed by atoms with van der Waals surface area (Å²) in [5, 5.41) is 8.87. The minimum Gasteiger partial charge on any atom is -0.381 e. The number of imidazole rings is 1. The summed E-state index contributed by atoms with van der Waals surface area (Å²) in [4.78, 5) is 2.31. The highest BCUT2D eigenvalue weighted by atomic mass is 32.1. The van der Waals surface area contributed by atoms with Gasteiger partial charge in [0, 0.05) is 44.0 Å². The molecule has 2 rings (SSSR count). The average molecular weight is 322 g/mol. The van der Waals surface area contributed by atoms with Gasteiger partial charge in [0.2, 0.25) is 0 Å². The molecule has 1 aliphatic rings. The third-order valence-corrected chi connectivity index (χ3v) is 4.43. The van der Waals surface area contributed by atoms with Crippen LogP contribution in [0.25, 0.3) is 0 Å². The van der Waals surface area contributed by atoms with E-state index < -0.39 is 0 Å². The fraction of sp³-hybridized carbons (Fsp3) is 0.750. The molecule has 1 atom stereocenters. The van der Waals surface area contributed by atoms with Gasteiger partial charge in [-0.15, -0.1) is 0 Å². The minimum atomic E-state index is -0.0148. The largest absolute Gasteiger partial charge is 0.381 e. The van der Waals surface area contributed by atoms with Crippen molar-refractivity contribution in [3.8, 4) is 6.07 Å². The van der Waals surface area contributed by atoms with Gasteiger partial charge in [-0.25, -0.2) is 0 Å². The molecule has 22 heavy (non-hydrogen) atoms.